The molecule has 2 aromatic rings. The van der Waals surface area contributed by atoms with Crippen LogP contribution in [-0.4, -0.2) is 81.5 Å². The topological polar surface area (TPSA) is 86.2 Å². The number of nitrogens with zero attached hydrogens (tertiary/aromatic N) is 4. The Labute approximate surface area is 181 Å². The average Bonchev–Trinajstić information content (AvgIpc) is 3.37. The second-order valence-corrected chi connectivity index (χ2v) is 7.44. The minimum absolute atomic E-state index is 0.0540. The number of morpholine rings is 1. The molecule has 3 heterocycles. The van der Waals surface area contributed by atoms with Crippen LogP contribution >= 0.6 is 0 Å². The van der Waals surface area contributed by atoms with E-state index in [1.807, 2.05) is 12.1 Å². The summed E-state index contributed by atoms with van der Waals surface area (Å²) in [5.41, 5.74) is 1.25. The van der Waals surface area contributed by atoms with E-state index in [2.05, 4.69) is 9.88 Å². The summed E-state index contributed by atoms with van der Waals surface area (Å²) in [6.07, 6.45) is 3.79. The number of ether oxygens (including phenoxy) is 4. The van der Waals surface area contributed by atoms with Crippen LogP contribution in [-0.2, 0) is 4.74 Å². The van der Waals surface area contributed by atoms with Crippen LogP contribution < -0.4 is 19.1 Å². The standard InChI is InChI=1S/C22H28N4O5/c1-28-17-12-15(13-18(29-2)19(17)30-3)20-23-14-16(21(24-20)25-6-4-5-7-25)22(27)26-8-10-31-11-9-26/h12-14H,4-11H2,1-3H3. The Bertz CT molecular complexity index is 914. The van der Waals surface area contributed by atoms with Crippen molar-refractivity contribution in [1.82, 2.24) is 14.9 Å². The molecule has 0 bridgehead atoms. The fourth-order valence-corrected chi connectivity index (χ4v) is 3.98. The van der Waals surface area contributed by atoms with Crippen LogP contribution in [0.4, 0.5) is 5.82 Å². The number of hydrogen-bond donors (Lipinski definition) is 0. The first-order chi connectivity index (χ1) is 15.2. The van der Waals surface area contributed by atoms with Crippen molar-refractivity contribution in [3.8, 4) is 28.6 Å². The summed E-state index contributed by atoms with van der Waals surface area (Å²) in [6.45, 7) is 3.99. The molecule has 1 aromatic heterocycles. The minimum atomic E-state index is -0.0540. The first kappa shape index (κ1) is 21.2. The molecule has 4 rings (SSSR count). The van der Waals surface area contributed by atoms with Crippen LogP contribution in [0.3, 0.4) is 0 Å². The van der Waals surface area contributed by atoms with Crippen LogP contribution in [0.1, 0.15) is 23.2 Å². The molecule has 2 aliphatic heterocycles. The number of rotatable bonds is 6. The highest BCUT2D eigenvalue weighted by Gasteiger charge is 2.27. The van der Waals surface area contributed by atoms with Gasteiger partial charge in [-0.1, -0.05) is 0 Å². The zero-order valence-corrected chi connectivity index (χ0v) is 18.2. The number of methoxy groups -OCH3 is 3. The first-order valence-corrected chi connectivity index (χ1v) is 10.5. The highest BCUT2D eigenvalue weighted by atomic mass is 16.5. The van der Waals surface area contributed by atoms with Gasteiger partial charge in [-0.3, -0.25) is 4.79 Å². The van der Waals surface area contributed by atoms with Crippen LogP contribution in [0.25, 0.3) is 11.4 Å². The van der Waals surface area contributed by atoms with Gasteiger partial charge in [0.2, 0.25) is 5.75 Å². The Morgan fingerprint density at radius 2 is 1.61 bits per heavy atom. The molecule has 0 spiro atoms. The maximum absolute atomic E-state index is 13.2. The zero-order chi connectivity index (χ0) is 21.8. The summed E-state index contributed by atoms with van der Waals surface area (Å²) in [5, 5.41) is 0. The first-order valence-electron chi connectivity index (χ1n) is 10.5. The van der Waals surface area contributed by atoms with Crippen molar-refractivity contribution in [2.45, 2.75) is 12.8 Å². The van der Waals surface area contributed by atoms with Crippen molar-refractivity contribution in [2.24, 2.45) is 0 Å². The summed E-state index contributed by atoms with van der Waals surface area (Å²) >= 11 is 0. The molecule has 2 fully saturated rings. The monoisotopic (exact) mass is 428 g/mol. The van der Waals surface area contributed by atoms with E-state index in [0.717, 1.165) is 31.5 Å². The molecule has 1 aromatic carbocycles. The lowest BCUT2D eigenvalue weighted by Crippen LogP contribution is -2.41. The highest BCUT2D eigenvalue weighted by molar-refractivity contribution is 5.99. The predicted molar refractivity (Wildman–Crippen MR) is 115 cm³/mol. The molecule has 1 amide bonds. The Balaban J connectivity index is 1.76. The average molecular weight is 428 g/mol. The molecule has 0 unspecified atom stereocenters. The summed E-state index contributed by atoms with van der Waals surface area (Å²) in [7, 11) is 4.71. The molecule has 2 saturated heterocycles. The van der Waals surface area contributed by atoms with E-state index in [1.54, 1.807) is 32.4 Å². The lowest BCUT2D eigenvalue weighted by Gasteiger charge is -2.28. The quantitative estimate of drug-likeness (QED) is 0.693. The zero-order valence-electron chi connectivity index (χ0n) is 18.2. The van der Waals surface area contributed by atoms with Gasteiger partial charge in [0, 0.05) is 37.9 Å². The molecule has 9 nitrogen and oxygen atoms in total. The largest absolute Gasteiger partial charge is 0.493 e. The molecule has 2 aliphatic rings. The van der Waals surface area contributed by atoms with E-state index in [1.165, 1.54) is 0 Å². The van der Waals surface area contributed by atoms with Crippen LogP contribution in [0, 0.1) is 0 Å². The van der Waals surface area contributed by atoms with Crippen molar-refractivity contribution >= 4 is 11.7 Å². The van der Waals surface area contributed by atoms with Crippen LogP contribution in [0.15, 0.2) is 18.3 Å². The molecule has 0 atom stereocenters. The van der Waals surface area contributed by atoms with Gasteiger partial charge in [-0.25, -0.2) is 9.97 Å². The SMILES string of the molecule is COc1cc(-c2ncc(C(=O)N3CCOCC3)c(N3CCCC3)n2)cc(OC)c1OC. The maximum Gasteiger partial charge on any atom is 0.259 e. The van der Waals surface area contributed by atoms with Gasteiger partial charge in [0.1, 0.15) is 11.4 Å². The summed E-state index contributed by atoms with van der Waals surface area (Å²) in [6, 6.07) is 3.63. The van der Waals surface area contributed by atoms with Crippen molar-refractivity contribution in [3.05, 3.63) is 23.9 Å². The van der Waals surface area contributed by atoms with Gasteiger partial charge in [-0.15, -0.1) is 0 Å². The van der Waals surface area contributed by atoms with Gasteiger partial charge in [0.15, 0.2) is 17.3 Å². The Kier molecular flexibility index (Phi) is 6.41. The van der Waals surface area contributed by atoms with Crippen molar-refractivity contribution in [3.63, 3.8) is 0 Å². The van der Waals surface area contributed by atoms with E-state index < -0.39 is 0 Å². The van der Waals surface area contributed by atoms with Gasteiger partial charge in [-0.05, 0) is 25.0 Å². The van der Waals surface area contributed by atoms with Crippen molar-refractivity contribution < 1.29 is 23.7 Å². The van der Waals surface area contributed by atoms with E-state index in [9.17, 15) is 4.79 Å². The van der Waals surface area contributed by atoms with Crippen LogP contribution in [0.2, 0.25) is 0 Å². The highest BCUT2D eigenvalue weighted by Crippen LogP contribution is 2.41. The third-order valence-corrected chi connectivity index (χ3v) is 5.63. The Morgan fingerprint density at radius 3 is 2.19 bits per heavy atom. The van der Waals surface area contributed by atoms with Crippen molar-refractivity contribution in [1.29, 1.82) is 0 Å². The predicted octanol–water partition coefficient (Wildman–Crippen LogP) is 2.24. The Morgan fingerprint density at radius 1 is 0.968 bits per heavy atom. The summed E-state index contributed by atoms with van der Waals surface area (Å²) < 4.78 is 21.7. The number of aromatic nitrogens is 2. The molecule has 166 valence electrons. The third kappa shape index (κ3) is 4.23. The number of anilines is 1. The minimum Gasteiger partial charge on any atom is -0.493 e. The van der Waals surface area contributed by atoms with Gasteiger partial charge < -0.3 is 28.7 Å². The molecule has 0 aliphatic carbocycles. The van der Waals surface area contributed by atoms with Crippen LogP contribution in [0.5, 0.6) is 17.2 Å². The molecular weight excluding hydrogens is 400 g/mol. The van der Waals surface area contributed by atoms with Crippen molar-refractivity contribution in [2.75, 3.05) is 65.6 Å². The van der Waals surface area contributed by atoms with E-state index >= 15 is 0 Å². The number of hydrogen-bond acceptors (Lipinski definition) is 8. The Hall–Kier alpha value is -3.07. The molecule has 31 heavy (non-hydrogen) atoms. The smallest absolute Gasteiger partial charge is 0.259 e. The number of carbonyl (C=O) groups is 1. The number of benzene rings is 1. The van der Waals surface area contributed by atoms with Gasteiger partial charge in [-0.2, -0.15) is 0 Å². The molecule has 0 radical (unpaired) electrons. The summed E-state index contributed by atoms with van der Waals surface area (Å²) in [4.78, 5) is 26.6. The molecule has 9 heteroatoms. The van der Waals surface area contributed by atoms with Gasteiger partial charge in [0.05, 0.1) is 34.5 Å². The lowest BCUT2D eigenvalue weighted by molar-refractivity contribution is 0.0303. The van der Waals surface area contributed by atoms with Gasteiger partial charge in [0.25, 0.3) is 5.91 Å². The normalized spacial score (nSPS) is 16.4. The fourth-order valence-electron chi connectivity index (χ4n) is 3.98. The number of carbonyl (C=O) groups excluding carboxylic acids is 1. The van der Waals surface area contributed by atoms with E-state index in [-0.39, 0.29) is 5.91 Å². The van der Waals surface area contributed by atoms with E-state index in [0.29, 0.717) is 60.8 Å². The molecule has 0 saturated carbocycles. The van der Waals surface area contributed by atoms with E-state index in [4.69, 9.17) is 23.9 Å². The second-order valence-electron chi connectivity index (χ2n) is 7.44. The summed E-state index contributed by atoms with van der Waals surface area (Å²) in [5.74, 6) is 2.68. The third-order valence-electron chi connectivity index (χ3n) is 5.63. The molecule has 0 N–H and O–H groups in total. The maximum atomic E-state index is 13.2. The number of amides is 1. The van der Waals surface area contributed by atoms with Gasteiger partial charge >= 0.3 is 0 Å². The fraction of sp³-hybridized carbons (Fsp3) is 0.500. The second kappa shape index (κ2) is 9.38. The lowest BCUT2D eigenvalue weighted by atomic mass is 10.1. The molecular formula is C22H28N4O5.